The Labute approximate surface area is 144 Å². The Morgan fingerprint density at radius 2 is 2.00 bits per heavy atom. The van der Waals surface area contributed by atoms with E-state index in [2.05, 4.69) is 21.2 Å². The third-order valence-corrected chi connectivity index (χ3v) is 3.48. The van der Waals surface area contributed by atoms with Gasteiger partial charge in [-0.3, -0.25) is 4.79 Å². The van der Waals surface area contributed by atoms with Crippen LogP contribution in [0.2, 0.25) is 0 Å². The number of anilines is 1. The van der Waals surface area contributed by atoms with E-state index in [0.717, 1.165) is 15.8 Å². The molecule has 0 fully saturated rings. The molecular formula is C18H20BrNO3. The lowest BCUT2D eigenvalue weighted by Gasteiger charge is -2.12. The van der Waals surface area contributed by atoms with Crippen molar-refractivity contribution in [1.29, 1.82) is 0 Å². The van der Waals surface area contributed by atoms with Crippen molar-refractivity contribution in [2.24, 2.45) is 0 Å². The molecule has 122 valence electrons. The number of carbonyl (C=O) groups is 1. The van der Waals surface area contributed by atoms with Crippen molar-refractivity contribution in [1.82, 2.24) is 0 Å². The second kappa shape index (κ2) is 8.02. The summed E-state index contributed by atoms with van der Waals surface area (Å²) in [6, 6.07) is 13.0. The summed E-state index contributed by atoms with van der Waals surface area (Å²) in [6.45, 7) is 5.81. The highest BCUT2D eigenvalue weighted by Gasteiger charge is 2.07. The average Bonchev–Trinajstić information content (AvgIpc) is 2.46. The van der Waals surface area contributed by atoms with E-state index in [4.69, 9.17) is 9.47 Å². The maximum Gasteiger partial charge on any atom is 0.262 e. The number of carbonyl (C=O) groups excluding carboxylic acids is 1. The molecule has 5 heteroatoms. The Hall–Kier alpha value is -2.01. The van der Waals surface area contributed by atoms with Crippen LogP contribution in [0.3, 0.4) is 0 Å². The number of aryl methyl sites for hydroxylation is 1. The van der Waals surface area contributed by atoms with Gasteiger partial charge in [-0.25, -0.2) is 0 Å². The largest absolute Gasteiger partial charge is 0.491 e. The standard InChI is InChI=1S/C18H20BrNO3/c1-12(2)23-16-6-4-5-15(10-16)20-18(21)11-22-17-8-7-14(19)9-13(17)3/h4-10,12H,11H2,1-3H3,(H,20,21). The first-order valence-electron chi connectivity index (χ1n) is 7.39. The maximum absolute atomic E-state index is 12.0. The van der Waals surface area contributed by atoms with E-state index in [1.165, 1.54) is 0 Å². The van der Waals surface area contributed by atoms with Gasteiger partial charge in [0.25, 0.3) is 5.91 Å². The van der Waals surface area contributed by atoms with Gasteiger partial charge in [-0.15, -0.1) is 0 Å². The summed E-state index contributed by atoms with van der Waals surface area (Å²) in [7, 11) is 0. The fraction of sp³-hybridized carbons (Fsp3) is 0.278. The van der Waals surface area contributed by atoms with E-state index in [1.807, 2.05) is 57.2 Å². The molecule has 0 spiro atoms. The molecule has 0 heterocycles. The Morgan fingerprint density at radius 1 is 1.22 bits per heavy atom. The van der Waals surface area contributed by atoms with E-state index in [1.54, 1.807) is 6.07 Å². The zero-order valence-electron chi connectivity index (χ0n) is 13.4. The lowest BCUT2D eigenvalue weighted by Crippen LogP contribution is -2.20. The molecule has 0 saturated heterocycles. The van der Waals surface area contributed by atoms with Crippen LogP contribution in [0.4, 0.5) is 5.69 Å². The van der Waals surface area contributed by atoms with Crippen molar-refractivity contribution in [2.45, 2.75) is 26.9 Å². The molecule has 0 aliphatic carbocycles. The average molecular weight is 378 g/mol. The smallest absolute Gasteiger partial charge is 0.262 e. The zero-order valence-corrected chi connectivity index (χ0v) is 15.0. The first kappa shape index (κ1) is 17.3. The normalized spacial score (nSPS) is 10.5. The number of amides is 1. The van der Waals surface area contributed by atoms with Crippen LogP contribution in [0.15, 0.2) is 46.9 Å². The third-order valence-electron chi connectivity index (χ3n) is 2.99. The predicted molar refractivity (Wildman–Crippen MR) is 95.2 cm³/mol. The molecule has 0 unspecified atom stereocenters. The molecule has 0 atom stereocenters. The molecule has 0 radical (unpaired) electrons. The highest BCUT2D eigenvalue weighted by atomic mass is 79.9. The van der Waals surface area contributed by atoms with Gasteiger partial charge in [-0.1, -0.05) is 22.0 Å². The number of hydrogen-bond donors (Lipinski definition) is 1. The van der Waals surface area contributed by atoms with Crippen molar-refractivity contribution in [3.8, 4) is 11.5 Å². The van der Waals surface area contributed by atoms with Crippen LogP contribution in [0, 0.1) is 6.92 Å². The number of halogens is 1. The van der Waals surface area contributed by atoms with E-state index < -0.39 is 0 Å². The highest BCUT2D eigenvalue weighted by molar-refractivity contribution is 9.10. The van der Waals surface area contributed by atoms with Crippen molar-refractivity contribution < 1.29 is 14.3 Å². The van der Waals surface area contributed by atoms with Gasteiger partial charge in [0.1, 0.15) is 11.5 Å². The Kier molecular flexibility index (Phi) is 6.04. The van der Waals surface area contributed by atoms with Crippen LogP contribution >= 0.6 is 15.9 Å². The maximum atomic E-state index is 12.0. The lowest BCUT2D eigenvalue weighted by molar-refractivity contribution is -0.118. The fourth-order valence-corrected chi connectivity index (χ4v) is 2.51. The van der Waals surface area contributed by atoms with Gasteiger partial charge in [0, 0.05) is 16.2 Å². The van der Waals surface area contributed by atoms with Gasteiger partial charge < -0.3 is 14.8 Å². The first-order chi connectivity index (χ1) is 10.9. The summed E-state index contributed by atoms with van der Waals surface area (Å²) in [6.07, 6.45) is 0.0877. The molecule has 2 aromatic rings. The number of nitrogens with one attached hydrogen (secondary N) is 1. The van der Waals surface area contributed by atoms with E-state index in [-0.39, 0.29) is 18.6 Å². The van der Waals surface area contributed by atoms with Crippen molar-refractivity contribution >= 4 is 27.5 Å². The highest BCUT2D eigenvalue weighted by Crippen LogP contribution is 2.22. The quantitative estimate of drug-likeness (QED) is 0.802. The molecule has 1 N–H and O–H groups in total. The first-order valence-corrected chi connectivity index (χ1v) is 8.19. The van der Waals surface area contributed by atoms with Gasteiger partial charge in [0.2, 0.25) is 0 Å². The van der Waals surface area contributed by atoms with Gasteiger partial charge >= 0.3 is 0 Å². The topological polar surface area (TPSA) is 47.6 Å². The van der Waals surface area contributed by atoms with Crippen LogP contribution in [0.1, 0.15) is 19.4 Å². The van der Waals surface area contributed by atoms with Crippen LogP contribution in [0.5, 0.6) is 11.5 Å². The molecule has 1 amide bonds. The van der Waals surface area contributed by atoms with E-state index in [9.17, 15) is 4.79 Å². The number of benzene rings is 2. The Bertz CT molecular complexity index is 686. The van der Waals surface area contributed by atoms with Crippen LogP contribution in [-0.2, 0) is 4.79 Å². The molecule has 0 aromatic heterocycles. The summed E-state index contributed by atoms with van der Waals surface area (Å²) >= 11 is 3.40. The fourth-order valence-electron chi connectivity index (χ4n) is 2.03. The predicted octanol–water partition coefficient (Wildman–Crippen LogP) is 4.56. The molecule has 0 saturated carbocycles. The third kappa shape index (κ3) is 5.60. The van der Waals surface area contributed by atoms with Gasteiger partial charge in [0.05, 0.1) is 6.10 Å². The molecular weight excluding hydrogens is 358 g/mol. The van der Waals surface area contributed by atoms with E-state index in [0.29, 0.717) is 11.4 Å². The van der Waals surface area contributed by atoms with Gasteiger partial charge in [0.15, 0.2) is 6.61 Å². The zero-order chi connectivity index (χ0) is 16.8. The SMILES string of the molecule is Cc1cc(Br)ccc1OCC(=O)Nc1cccc(OC(C)C)c1. The van der Waals surface area contributed by atoms with Crippen LogP contribution < -0.4 is 14.8 Å². The van der Waals surface area contributed by atoms with Crippen molar-refractivity contribution in [3.05, 3.63) is 52.5 Å². The number of hydrogen-bond acceptors (Lipinski definition) is 3. The summed E-state index contributed by atoms with van der Waals surface area (Å²) in [5, 5.41) is 2.80. The van der Waals surface area contributed by atoms with Crippen LogP contribution in [-0.4, -0.2) is 18.6 Å². The Morgan fingerprint density at radius 3 is 2.70 bits per heavy atom. The second-order valence-corrected chi connectivity index (χ2v) is 6.36. The summed E-state index contributed by atoms with van der Waals surface area (Å²) in [5.41, 5.74) is 1.66. The molecule has 4 nitrogen and oxygen atoms in total. The minimum atomic E-state index is -0.214. The second-order valence-electron chi connectivity index (χ2n) is 5.44. The lowest BCUT2D eigenvalue weighted by atomic mass is 10.2. The molecule has 0 aliphatic rings. The molecule has 23 heavy (non-hydrogen) atoms. The summed E-state index contributed by atoms with van der Waals surface area (Å²) in [5.74, 6) is 1.21. The molecule has 0 aliphatic heterocycles. The van der Waals surface area contributed by atoms with Crippen molar-refractivity contribution in [3.63, 3.8) is 0 Å². The summed E-state index contributed by atoms with van der Waals surface area (Å²) < 4.78 is 12.1. The number of rotatable bonds is 6. The number of ether oxygens (including phenoxy) is 2. The molecule has 2 aromatic carbocycles. The van der Waals surface area contributed by atoms with Crippen LogP contribution in [0.25, 0.3) is 0 Å². The minimum absolute atomic E-state index is 0.0439. The Balaban J connectivity index is 1.92. The van der Waals surface area contributed by atoms with Gasteiger partial charge in [-0.05, 0) is 56.7 Å². The minimum Gasteiger partial charge on any atom is -0.491 e. The monoisotopic (exact) mass is 377 g/mol. The van der Waals surface area contributed by atoms with Crippen molar-refractivity contribution in [2.75, 3.05) is 11.9 Å². The van der Waals surface area contributed by atoms with E-state index >= 15 is 0 Å². The molecule has 2 rings (SSSR count). The van der Waals surface area contributed by atoms with Gasteiger partial charge in [-0.2, -0.15) is 0 Å². The molecule has 0 bridgehead atoms. The summed E-state index contributed by atoms with van der Waals surface area (Å²) in [4.78, 5) is 12.0.